The van der Waals surface area contributed by atoms with Crippen molar-refractivity contribution in [3.05, 3.63) is 17.7 Å². The van der Waals surface area contributed by atoms with Crippen molar-refractivity contribution in [2.75, 3.05) is 19.1 Å². The maximum atomic E-state index is 11.5. The highest BCUT2D eigenvalue weighted by Gasteiger charge is 2.24. The van der Waals surface area contributed by atoms with E-state index in [0.717, 1.165) is 11.3 Å². The van der Waals surface area contributed by atoms with E-state index in [2.05, 4.69) is 0 Å². The minimum Gasteiger partial charge on any atom is -0.508 e. The summed E-state index contributed by atoms with van der Waals surface area (Å²) in [4.78, 5) is 13.1. The Labute approximate surface area is 88.1 Å². The van der Waals surface area contributed by atoms with Crippen LogP contribution in [-0.4, -0.2) is 25.2 Å². The van der Waals surface area contributed by atoms with Crippen molar-refractivity contribution in [2.24, 2.45) is 0 Å². The van der Waals surface area contributed by atoms with E-state index in [1.165, 1.54) is 13.2 Å². The van der Waals surface area contributed by atoms with Crippen molar-refractivity contribution in [3.8, 4) is 11.5 Å². The molecule has 0 saturated heterocycles. The number of hydrogen-bond donors (Lipinski definition) is 1. The molecule has 0 atom stereocenters. The molecule has 1 aliphatic rings. The molecule has 1 N–H and O–H groups in total. The third kappa shape index (κ3) is 1.52. The average molecular weight is 207 g/mol. The Bertz CT molecular complexity index is 397. The number of anilines is 1. The highest BCUT2D eigenvalue weighted by molar-refractivity contribution is 5.97. The Hall–Kier alpha value is -1.71. The van der Waals surface area contributed by atoms with Gasteiger partial charge < -0.3 is 14.7 Å². The Morgan fingerprint density at radius 1 is 1.40 bits per heavy atom. The standard InChI is InChI=1S/C11H13NO3/c1-12-10(14)4-3-7-5-8(13)6-9(15-2)11(7)12/h5-6,13H,3-4H2,1-2H3. The zero-order valence-corrected chi connectivity index (χ0v) is 8.78. The molecule has 0 radical (unpaired) electrons. The minimum absolute atomic E-state index is 0.0755. The number of hydrogen-bond acceptors (Lipinski definition) is 3. The number of phenolic OH excluding ortho intramolecular Hbond substituents is 1. The monoisotopic (exact) mass is 207 g/mol. The first-order valence-electron chi connectivity index (χ1n) is 4.80. The van der Waals surface area contributed by atoms with E-state index in [1.807, 2.05) is 0 Å². The lowest BCUT2D eigenvalue weighted by Crippen LogP contribution is -2.31. The van der Waals surface area contributed by atoms with Gasteiger partial charge in [0, 0.05) is 19.5 Å². The molecule has 80 valence electrons. The summed E-state index contributed by atoms with van der Waals surface area (Å²) in [7, 11) is 3.25. The Kier molecular flexibility index (Phi) is 2.26. The van der Waals surface area contributed by atoms with E-state index < -0.39 is 0 Å². The summed E-state index contributed by atoms with van der Waals surface area (Å²) in [6, 6.07) is 3.20. The fraction of sp³-hybridized carbons (Fsp3) is 0.364. The van der Waals surface area contributed by atoms with Gasteiger partial charge in [0.1, 0.15) is 11.5 Å². The fourth-order valence-electron chi connectivity index (χ4n) is 1.91. The molecular weight excluding hydrogens is 194 g/mol. The second-order valence-corrected chi connectivity index (χ2v) is 3.61. The van der Waals surface area contributed by atoms with Gasteiger partial charge in [0.25, 0.3) is 0 Å². The number of aryl methyl sites for hydroxylation is 1. The number of fused-ring (bicyclic) bond motifs is 1. The summed E-state index contributed by atoms with van der Waals surface area (Å²) in [5, 5.41) is 9.47. The van der Waals surface area contributed by atoms with Crippen molar-refractivity contribution in [1.29, 1.82) is 0 Å². The highest BCUT2D eigenvalue weighted by atomic mass is 16.5. The van der Waals surface area contributed by atoms with Crippen LogP contribution >= 0.6 is 0 Å². The van der Waals surface area contributed by atoms with E-state index in [1.54, 1.807) is 18.0 Å². The molecule has 1 aromatic rings. The van der Waals surface area contributed by atoms with E-state index in [0.29, 0.717) is 18.6 Å². The van der Waals surface area contributed by atoms with Crippen LogP contribution in [0, 0.1) is 0 Å². The quantitative estimate of drug-likeness (QED) is 0.755. The first-order chi connectivity index (χ1) is 7.13. The summed E-state index contributed by atoms with van der Waals surface area (Å²) in [5.74, 6) is 0.792. The number of benzene rings is 1. The first kappa shape index (κ1) is 9.83. The lowest BCUT2D eigenvalue weighted by Gasteiger charge is -2.27. The van der Waals surface area contributed by atoms with Gasteiger partial charge >= 0.3 is 0 Å². The third-order valence-corrected chi connectivity index (χ3v) is 2.68. The maximum Gasteiger partial charge on any atom is 0.227 e. The van der Waals surface area contributed by atoms with Gasteiger partial charge in [0.2, 0.25) is 5.91 Å². The Morgan fingerprint density at radius 2 is 2.13 bits per heavy atom. The third-order valence-electron chi connectivity index (χ3n) is 2.68. The molecule has 0 saturated carbocycles. The summed E-state index contributed by atoms with van der Waals surface area (Å²) in [6.07, 6.45) is 1.14. The van der Waals surface area contributed by atoms with Crippen LogP contribution in [0.5, 0.6) is 11.5 Å². The fourth-order valence-corrected chi connectivity index (χ4v) is 1.91. The number of aromatic hydroxyl groups is 1. The molecular formula is C11H13NO3. The van der Waals surface area contributed by atoms with Crippen molar-refractivity contribution in [1.82, 2.24) is 0 Å². The normalized spacial score (nSPS) is 15.1. The Balaban J connectivity index is 2.59. The van der Waals surface area contributed by atoms with Gasteiger partial charge in [0.15, 0.2) is 0 Å². The molecule has 2 rings (SSSR count). The molecule has 1 amide bonds. The van der Waals surface area contributed by atoms with E-state index in [4.69, 9.17) is 4.74 Å². The molecule has 0 aromatic heterocycles. The number of carbonyl (C=O) groups is 1. The number of rotatable bonds is 1. The predicted molar refractivity (Wildman–Crippen MR) is 56.4 cm³/mol. The van der Waals surface area contributed by atoms with Crippen LogP contribution in [0.3, 0.4) is 0 Å². The smallest absolute Gasteiger partial charge is 0.227 e. The Morgan fingerprint density at radius 3 is 2.80 bits per heavy atom. The number of ether oxygens (including phenoxy) is 1. The average Bonchev–Trinajstić information content (AvgIpc) is 2.22. The number of amides is 1. The zero-order chi connectivity index (χ0) is 11.0. The van der Waals surface area contributed by atoms with Crippen molar-refractivity contribution in [3.63, 3.8) is 0 Å². The molecule has 4 heteroatoms. The summed E-state index contributed by atoms with van der Waals surface area (Å²) >= 11 is 0. The molecule has 15 heavy (non-hydrogen) atoms. The number of nitrogens with zero attached hydrogens (tertiary/aromatic N) is 1. The molecule has 1 aliphatic heterocycles. The van der Waals surface area contributed by atoms with E-state index >= 15 is 0 Å². The number of phenols is 1. The summed E-state index contributed by atoms with van der Waals surface area (Å²) < 4.78 is 5.16. The highest BCUT2D eigenvalue weighted by Crippen LogP contribution is 2.38. The SMILES string of the molecule is COc1cc(O)cc2c1N(C)C(=O)CC2. The van der Waals surface area contributed by atoms with E-state index in [9.17, 15) is 9.90 Å². The zero-order valence-electron chi connectivity index (χ0n) is 8.78. The maximum absolute atomic E-state index is 11.5. The number of methoxy groups -OCH3 is 1. The second kappa shape index (κ2) is 3.46. The van der Waals surface area contributed by atoms with Gasteiger partial charge in [-0.05, 0) is 18.1 Å². The van der Waals surface area contributed by atoms with Gasteiger partial charge in [-0.25, -0.2) is 0 Å². The first-order valence-corrected chi connectivity index (χ1v) is 4.80. The molecule has 0 fully saturated rings. The van der Waals surface area contributed by atoms with Crippen molar-refractivity contribution >= 4 is 11.6 Å². The van der Waals surface area contributed by atoms with Crippen LogP contribution in [0.1, 0.15) is 12.0 Å². The lowest BCUT2D eigenvalue weighted by atomic mass is 10.0. The summed E-state index contributed by atoms with van der Waals surface area (Å²) in [5.41, 5.74) is 1.72. The molecule has 0 spiro atoms. The van der Waals surface area contributed by atoms with Gasteiger partial charge in [-0.2, -0.15) is 0 Å². The van der Waals surface area contributed by atoms with Gasteiger partial charge in [-0.15, -0.1) is 0 Å². The summed E-state index contributed by atoms with van der Waals surface area (Å²) in [6.45, 7) is 0. The van der Waals surface area contributed by atoms with Crippen LogP contribution < -0.4 is 9.64 Å². The predicted octanol–water partition coefficient (Wildman–Crippen LogP) is 1.31. The van der Waals surface area contributed by atoms with Gasteiger partial charge in [0.05, 0.1) is 12.8 Å². The van der Waals surface area contributed by atoms with Crippen LogP contribution in [-0.2, 0) is 11.2 Å². The van der Waals surface area contributed by atoms with Crippen LogP contribution in [0.15, 0.2) is 12.1 Å². The minimum atomic E-state index is 0.0755. The van der Waals surface area contributed by atoms with Crippen LogP contribution in [0.4, 0.5) is 5.69 Å². The van der Waals surface area contributed by atoms with Crippen LogP contribution in [0.2, 0.25) is 0 Å². The second-order valence-electron chi connectivity index (χ2n) is 3.61. The molecule has 0 bridgehead atoms. The van der Waals surface area contributed by atoms with Gasteiger partial charge in [-0.3, -0.25) is 4.79 Å². The molecule has 0 unspecified atom stereocenters. The van der Waals surface area contributed by atoms with Gasteiger partial charge in [-0.1, -0.05) is 0 Å². The lowest BCUT2D eigenvalue weighted by molar-refractivity contribution is -0.118. The molecule has 0 aliphatic carbocycles. The molecule has 4 nitrogen and oxygen atoms in total. The number of carbonyl (C=O) groups excluding carboxylic acids is 1. The van der Waals surface area contributed by atoms with Crippen molar-refractivity contribution < 1.29 is 14.6 Å². The van der Waals surface area contributed by atoms with Crippen LogP contribution in [0.25, 0.3) is 0 Å². The molecule has 1 heterocycles. The topological polar surface area (TPSA) is 49.8 Å². The van der Waals surface area contributed by atoms with Crippen molar-refractivity contribution in [2.45, 2.75) is 12.8 Å². The largest absolute Gasteiger partial charge is 0.508 e. The molecule has 1 aromatic carbocycles. The van der Waals surface area contributed by atoms with E-state index in [-0.39, 0.29) is 11.7 Å².